The van der Waals surface area contributed by atoms with Crippen LogP contribution >= 0.6 is 43.6 Å². The Morgan fingerprint density at radius 1 is 0.885 bits per heavy atom. The van der Waals surface area contributed by atoms with Gasteiger partial charge in [-0.05, 0) is 80.0 Å². The Hall–Kier alpha value is -0.300. The van der Waals surface area contributed by atoms with E-state index in [1.807, 2.05) is 31.7 Å². The largest absolute Gasteiger partial charge is 0.224 e. The zero-order chi connectivity index (χ0) is 19.7. The van der Waals surface area contributed by atoms with Crippen LogP contribution in [0.5, 0.6) is 0 Å². The van der Waals surface area contributed by atoms with Crippen molar-refractivity contribution in [2.45, 2.75) is 50.3 Å². The molecule has 0 bridgehead atoms. The van der Waals surface area contributed by atoms with Gasteiger partial charge in [-0.2, -0.15) is 0 Å². The number of aryl methyl sites for hydroxylation is 2. The topological polar surface area (TPSA) is 34.1 Å². The zero-order valence-electron chi connectivity index (χ0n) is 15.7. The molecule has 2 nitrogen and oxygen atoms in total. The first kappa shape index (κ1) is 23.7. The first-order valence-corrected chi connectivity index (χ1v) is 12.8. The fraction of sp³-hybridized carbons (Fsp3) is 0.400. The van der Waals surface area contributed by atoms with Crippen molar-refractivity contribution in [2.75, 3.05) is 11.5 Å². The second-order valence-corrected chi connectivity index (χ2v) is 11.0. The Balaban J connectivity index is 0.000000263. The summed E-state index contributed by atoms with van der Waals surface area (Å²) in [5, 5.41) is 0. The van der Waals surface area contributed by atoms with E-state index in [1.165, 1.54) is 27.1 Å². The summed E-state index contributed by atoms with van der Waals surface area (Å²) >= 11 is 8.70. The molecule has 0 radical (unpaired) electrons. The lowest BCUT2D eigenvalue weighted by atomic mass is 10.2. The van der Waals surface area contributed by atoms with Crippen molar-refractivity contribution in [1.29, 1.82) is 0 Å². The van der Waals surface area contributed by atoms with Crippen molar-refractivity contribution in [3.05, 3.63) is 56.5 Å². The summed E-state index contributed by atoms with van der Waals surface area (Å²) < 4.78 is 25.6. The molecule has 0 unspecified atom stereocenters. The summed E-state index contributed by atoms with van der Waals surface area (Å²) in [6, 6.07) is 11.7. The third kappa shape index (κ3) is 7.75. The Labute approximate surface area is 179 Å². The van der Waals surface area contributed by atoms with Crippen molar-refractivity contribution < 1.29 is 8.42 Å². The van der Waals surface area contributed by atoms with Gasteiger partial charge in [0.2, 0.25) is 0 Å². The maximum absolute atomic E-state index is 11.7. The average molecular weight is 522 g/mol. The Bertz CT molecular complexity index is 819. The Morgan fingerprint density at radius 2 is 1.46 bits per heavy atom. The molecule has 2 aromatic carbocycles. The molecular formula is C20H26Br2O2S2. The molecule has 26 heavy (non-hydrogen) atoms. The van der Waals surface area contributed by atoms with E-state index in [0.29, 0.717) is 11.3 Å². The standard InChI is InChI=1S/C10H13BrO2S.C10H13BrS/c1-3-6-14(12,13)10-5-4-9(11)7-8(10)2;1-3-6-12-10-5-4-9(11)7-8(10)2/h4-5,7H,3,6H2,1-2H3;4-5,7H,3,6H2,1-2H3. The van der Waals surface area contributed by atoms with Crippen LogP contribution in [-0.2, 0) is 9.84 Å². The van der Waals surface area contributed by atoms with Gasteiger partial charge >= 0.3 is 0 Å². The van der Waals surface area contributed by atoms with Gasteiger partial charge in [0.25, 0.3) is 0 Å². The highest BCUT2D eigenvalue weighted by molar-refractivity contribution is 9.10. The van der Waals surface area contributed by atoms with E-state index in [4.69, 9.17) is 0 Å². The smallest absolute Gasteiger partial charge is 0.178 e. The highest BCUT2D eigenvalue weighted by Gasteiger charge is 2.15. The first-order chi connectivity index (χ1) is 12.2. The minimum atomic E-state index is -3.08. The molecule has 2 aromatic rings. The molecule has 2 rings (SSSR count). The van der Waals surface area contributed by atoms with E-state index in [2.05, 4.69) is 63.9 Å². The summed E-state index contributed by atoms with van der Waals surface area (Å²) in [5.41, 5.74) is 2.16. The summed E-state index contributed by atoms with van der Waals surface area (Å²) in [4.78, 5) is 1.85. The van der Waals surface area contributed by atoms with Gasteiger partial charge in [-0.25, -0.2) is 8.42 Å². The lowest BCUT2D eigenvalue weighted by molar-refractivity contribution is 0.594. The third-order valence-electron chi connectivity index (χ3n) is 3.54. The molecule has 0 aliphatic rings. The summed E-state index contributed by atoms with van der Waals surface area (Å²) in [5.74, 6) is 1.43. The molecule has 0 atom stereocenters. The first-order valence-electron chi connectivity index (χ1n) is 8.59. The van der Waals surface area contributed by atoms with E-state index in [-0.39, 0.29) is 5.75 Å². The lowest BCUT2D eigenvalue weighted by Crippen LogP contribution is -2.07. The predicted molar refractivity (Wildman–Crippen MR) is 121 cm³/mol. The molecule has 0 aliphatic heterocycles. The van der Waals surface area contributed by atoms with E-state index >= 15 is 0 Å². The van der Waals surface area contributed by atoms with Gasteiger partial charge in [0.15, 0.2) is 9.84 Å². The summed E-state index contributed by atoms with van der Waals surface area (Å²) in [7, 11) is -3.08. The third-order valence-corrected chi connectivity index (χ3v) is 7.99. The van der Waals surface area contributed by atoms with E-state index in [1.54, 1.807) is 12.1 Å². The predicted octanol–water partition coefficient (Wildman–Crippen LogP) is 7.20. The minimum absolute atomic E-state index is 0.218. The van der Waals surface area contributed by atoms with Gasteiger partial charge < -0.3 is 0 Å². The summed E-state index contributed by atoms with van der Waals surface area (Å²) in [6.45, 7) is 8.04. The zero-order valence-corrected chi connectivity index (χ0v) is 20.5. The molecule has 0 N–H and O–H groups in total. The molecule has 0 saturated heterocycles. The number of rotatable bonds is 6. The van der Waals surface area contributed by atoms with Crippen molar-refractivity contribution in [2.24, 2.45) is 0 Å². The highest BCUT2D eigenvalue weighted by Crippen LogP contribution is 2.25. The Kier molecular flexibility index (Phi) is 10.5. The molecule has 0 aromatic heterocycles. The molecular weight excluding hydrogens is 496 g/mol. The summed E-state index contributed by atoms with van der Waals surface area (Å²) in [6.07, 6.45) is 1.89. The Morgan fingerprint density at radius 3 is 1.96 bits per heavy atom. The molecule has 6 heteroatoms. The van der Waals surface area contributed by atoms with Crippen LogP contribution in [0.1, 0.15) is 37.8 Å². The van der Waals surface area contributed by atoms with Gasteiger partial charge in [-0.15, -0.1) is 11.8 Å². The molecule has 0 heterocycles. The number of benzene rings is 2. The van der Waals surface area contributed by atoms with Crippen LogP contribution in [0.3, 0.4) is 0 Å². The normalized spacial score (nSPS) is 11.0. The number of thioether (sulfide) groups is 1. The second-order valence-electron chi connectivity index (χ2n) is 5.99. The van der Waals surface area contributed by atoms with Crippen LogP contribution in [-0.4, -0.2) is 19.9 Å². The van der Waals surface area contributed by atoms with E-state index in [0.717, 1.165) is 10.0 Å². The van der Waals surface area contributed by atoms with Crippen LogP contribution in [0.25, 0.3) is 0 Å². The highest BCUT2D eigenvalue weighted by atomic mass is 79.9. The molecule has 0 amide bonds. The van der Waals surface area contributed by atoms with E-state index in [9.17, 15) is 8.42 Å². The maximum atomic E-state index is 11.7. The van der Waals surface area contributed by atoms with Crippen molar-refractivity contribution in [3.63, 3.8) is 0 Å². The minimum Gasteiger partial charge on any atom is -0.224 e. The average Bonchev–Trinajstić information content (AvgIpc) is 2.54. The van der Waals surface area contributed by atoms with Crippen molar-refractivity contribution in [3.8, 4) is 0 Å². The van der Waals surface area contributed by atoms with Gasteiger partial charge in [-0.1, -0.05) is 45.7 Å². The number of sulfone groups is 1. The van der Waals surface area contributed by atoms with Crippen LogP contribution in [0.2, 0.25) is 0 Å². The number of hydrogen-bond acceptors (Lipinski definition) is 3. The second kappa shape index (κ2) is 11.5. The molecule has 144 valence electrons. The lowest BCUT2D eigenvalue weighted by Gasteiger charge is -2.06. The van der Waals surface area contributed by atoms with Crippen LogP contribution < -0.4 is 0 Å². The molecule has 0 spiro atoms. The van der Waals surface area contributed by atoms with Crippen LogP contribution in [0, 0.1) is 13.8 Å². The number of hydrogen-bond donors (Lipinski definition) is 0. The fourth-order valence-electron chi connectivity index (χ4n) is 2.33. The van der Waals surface area contributed by atoms with Crippen molar-refractivity contribution >= 4 is 53.5 Å². The van der Waals surface area contributed by atoms with Gasteiger partial charge in [-0.3, -0.25) is 0 Å². The molecule has 0 fully saturated rings. The quantitative estimate of drug-likeness (QED) is 0.377. The van der Waals surface area contributed by atoms with Gasteiger partial charge in [0.1, 0.15) is 0 Å². The van der Waals surface area contributed by atoms with Crippen LogP contribution in [0.15, 0.2) is 55.1 Å². The van der Waals surface area contributed by atoms with Crippen molar-refractivity contribution in [1.82, 2.24) is 0 Å². The molecule has 0 aliphatic carbocycles. The van der Waals surface area contributed by atoms with Gasteiger partial charge in [0, 0.05) is 13.8 Å². The number of halogens is 2. The monoisotopic (exact) mass is 520 g/mol. The van der Waals surface area contributed by atoms with Crippen LogP contribution in [0.4, 0.5) is 0 Å². The molecule has 0 saturated carbocycles. The van der Waals surface area contributed by atoms with Gasteiger partial charge in [0.05, 0.1) is 10.6 Å². The maximum Gasteiger partial charge on any atom is 0.178 e. The van der Waals surface area contributed by atoms with E-state index < -0.39 is 9.84 Å². The SMILES string of the molecule is CCCS(=O)(=O)c1ccc(Br)cc1C.CCCSc1ccc(Br)cc1C. The fourth-order valence-corrected chi connectivity index (χ4v) is 5.74.